The molecule has 0 aromatic heterocycles. The van der Waals surface area contributed by atoms with E-state index in [0.717, 1.165) is 38.1 Å². The molecule has 0 radical (unpaired) electrons. The standard InChI is InChI=1S/C25H30F3N3O3/c1-17(2)31-12-4-5-18(15-31)14-29-24(33)19-8-10-22(11-9-19)34-16-23(32)30-21-7-3-6-20(13-21)25(26,27)28/h3,6-11,13,17-18H,4-5,12,14-16H2,1-2H3,(H,29,33)(H,30,32). The van der Waals surface area contributed by atoms with E-state index in [1.54, 1.807) is 24.3 Å². The highest BCUT2D eigenvalue weighted by Gasteiger charge is 2.30. The van der Waals surface area contributed by atoms with Crippen LogP contribution in [0.2, 0.25) is 0 Å². The van der Waals surface area contributed by atoms with E-state index in [1.807, 2.05) is 0 Å². The van der Waals surface area contributed by atoms with E-state index < -0.39 is 17.6 Å². The van der Waals surface area contributed by atoms with Crippen LogP contribution in [0.4, 0.5) is 18.9 Å². The number of amides is 2. The maximum atomic E-state index is 12.8. The molecule has 1 unspecified atom stereocenters. The number of benzene rings is 2. The molecule has 34 heavy (non-hydrogen) atoms. The summed E-state index contributed by atoms with van der Waals surface area (Å²) in [7, 11) is 0. The van der Waals surface area contributed by atoms with E-state index in [4.69, 9.17) is 4.74 Å². The molecule has 6 nitrogen and oxygen atoms in total. The molecule has 0 aliphatic carbocycles. The summed E-state index contributed by atoms with van der Waals surface area (Å²) in [5.74, 6) is 0.0354. The predicted molar refractivity (Wildman–Crippen MR) is 124 cm³/mol. The minimum atomic E-state index is -4.49. The van der Waals surface area contributed by atoms with Gasteiger partial charge in [0, 0.05) is 30.4 Å². The van der Waals surface area contributed by atoms with Crippen molar-refractivity contribution in [2.45, 2.75) is 38.9 Å². The van der Waals surface area contributed by atoms with Gasteiger partial charge in [-0.1, -0.05) is 6.07 Å². The number of rotatable bonds is 8. The zero-order valence-corrected chi connectivity index (χ0v) is 19.3. The summed E-state index contributed by atoms with van der Waals surface area (Å²) >= 11 is 0. The summed E-state index contributed by atoms with van der Waals surface area (Å²) < 4.78 is 43.7. The summed E-state index contributed by atoms with van der Waals surface area (Å²) in [5, 5.41) is 5.37. The smallest absolute Gasteiger partial charge is 0.416 e. The Hall–Kier alpha value is -3.07. The predicted octanol–water partition coefficient (Wildman–Crippen LogP) is 4.57. The number of halogens is 3. The largest absolute Gasteiger partial charge is 0.484 e. The molecule has 1 atom stereocenters. The molecule has 0 bridgehead atoms. The Morgan fingerprint density at radius 2 is 1.88 bits per heavy atom. The molecule has 9 heteroatoms. The average Bonchev–Trinajstić information content (AvgIpc) is 2.81. The van der Waals surface area contributed by atoms with Crippen molar-refractivity contribution >= 4 is 17.5 Å². The molecule has 0 spiro atoms. The molecular formula is C25H30F3N3O3. The van der Waals surface area contributed by atoms with Crippen molar-refractivity contribution in [2.75, 3.05) is 31.6 Å². The molecule has 1 aliphatic heterocycles. The third kappa shape index (κ3) is 7.48. The van der Waals surface area contributed by atoms with Crippen LogP contribution in [0.15, 0.2) is 48.5 Å². The van der Waals surface area contributed by atoms with Crippen LogP contribution in [-0.4, -0.2) is 49.0 Å². The summed E-state index contributed by atoms with van der Waals surface area (Å²) in [5.41, 5.74) is -0.331. The van der Waals surface area contributed by atoms with Crippen molar-refractivity contribution in [2.24, 2.45) is 5.92 Å². The van der Waals surface area contributed by atoms with Gasteiger partial charge in [0.2, 0.25) is 0 Å². The van der Waals surface area contributed by atoms with Gasteiger partial charge < -0.3 is 20.3 Å². The van der Waals surface area contributed by atoms with E-state index >= 15 is 0 Å². The lowest BCUT2D eigenvalue weighted by Gasteiger charge is -2.35. The van der Waals surface area contributed by atoms with Crippen molar-refractivity contribution in [3.8, 4) is 5.75 Å². The second-order valence-electron chi connectivity index (χ2n) is 8.75. The highest BCUT2D eigenvalue weighted by Crippen LogP contribution is 2.30. The first kappa shape index (κ1) is 25.6. The third-order valence-corrected chi connectivity index (χ3v) is 5.79. The Labute approximate surface area is 197 Å². The normalized spacial score (nSPS) is 16.8. The van der Waals surface area contributed by atoms with Crippen LogP contribution in [0.1, 0.15) is 42.6 Å². The Bertz CT molecular complexity index is 977. The topological polar surface area (TPSA) is 70.7 Å². The van der Waals surface area contributed by atoms with E-state index in [-0.39, 0.29) is 18.2 Å². The van der Waals surface area contributed by atoms with Crippen LogP contribution >= 0.6 is 0 Å². The summed E-state index contributed by atoms with van der Waals surface area (Å²) in [6.07, 6.45) is -2.26. The van der Waals surface area contributed by atoms with Gasteiger partial charge in [-0.25, -0.2) is 0 Å². The van der Waals surface area contributed by atoms with Crippen LogP contribution < -0.4 is 15.4 Å². The van der Waals surface area contributed by atoms with Crippen molar-refractivity contribution in [1.82, 2.24) is 10.2 Å². The van der Waals surface area contributed by atoms with Gasteiger partial charge in [-0.15, -0.1) is 0 Å². The van der Waals surface area contributed by atoms with Crippen molar-refractivity contribution in [3.05, 3.63) is 59.7 Å². The fraction of sp³-hybridized carbons (Fsp3) is 0.440. The SMILES string of the molecule is CC(C)N1CCCC(CNC(=O)c2ccc(OCC(=O)Nc3cccc(C(F)(F)F)c3)cc2)C1. The lowest BCUT2D eigenvalue weighted by atomic mass is 9.97. The number of nitrogens with zero attached hydrogens (tertiary/aromatic N) is 1. The van der Waals surface area contributed by atoms with Crippen LogP contribution in [0.25, 0.3) is 0 Å². The summed E-state index contributed by atoms with van der Waals surface area (Å²) in [6.45, 7) is 6.68. The van der Waals surface area contributed by atoms with Crippen LogP contribution in [0.5, 0.6) is 5.75 Å². The summed E-state index contributed by atoms with van der Waals surface area (Å²) in [4.78, 5) is 26.9. The molecule has 1 heterocycles. The number of anilines is 1. The molecule has 0 saturated carbocycles. The number of nitrogens with one attached hydrogen (secondary N) is 2. The van der Waals surface area contributed by atoms with Gasteiger partial charge in [0.1, 0.15) is 5.75 Å². The number of carbonyl (C=O) groups is 2. The number of piperidine rings is 1. The zero-order chi connectivity index (χ0) is 24.7. The van der Waals surface area contributed by atoms with Gasteiger partial charge in [-0.3, -0.25) is 9.59 Å². The highest BCUT2D eigenvalue weighted by atomic mass is 19.4. The Morgan fingerprint density at radius 3 is 2.56 bits per heavy atom. The quantitative estimate of drug-likeness (QED) is 0.584. The highest BCUT2D eigenvalue weighted by molar-refractivity contribution is 5.94. The maximum Gasteiger partial charge on any atom is 0.416 e. The average molecular weight is 478 g/mol. The van der Waals surface area contributed by atoms with Crippen LogP contribution in [0.3, 0.4) is 0 Å². The van der Waals surface area contributed by atoms with Gasteiger partial charge in [0.05, 0.1) is 5.56 Å². The van der Waals surface area contributed by atoms with Gasteiger partial charge >= 0.3 is 6.18 Å². The Morgan fingerprint density at radius 1 is 1.15 bits per heavy atom. The first-order valence-electron chi connectivity index (χ1n) is 11.3. The molecule has 184 valence electrons. The van der Waals surface area contributed by atoms with E-state index in [9.17, 15) is 22.8 Å². The fourth-order valence-corrected chi connectivity index (χ4v) is 3.89. The van der Waals surface area contributed by atoms with Gasteiger partial charge in [0.25, 0.3) is 11.8 Å². The number of hydrogen-bond acceptors (Lipinski definition) is 4. The molecule has 3 rings (SSSR count). The lowest BCUT2D eigenvalue weighted by Crippen LogP contribution is -2.43. The molecule has 2 N–H and O–H groups in total. The molecule has 1 saturated heterocycles. The van der Waals surface area contributed by atoms with E-state index in [2.05, 4.69) is 29.4 Å². The lowest BCUT2D eigenvalue weighted by molar-refractivity contribution is -0.137. The molecular weight excluding hydrogens is 447 g/mol. The van der Waals surface area contributed by atoms with Gasteiger partial charge in [-0.2, -0.15) is 13.2 Å². The maximum absolute atomic E-state index is 12.8. The molecule has 2 amide bonds. The van der Waals surface area contributed by atoms with Gasteiger partial charge in [-0.05, 0) is 81.6 Å². The fourth-order valence-electron chi connectivity index (χ4n) is 3.89. The van der Waals surface area contributed by atoms with Crippen molar-refractivity contribution < 1.29 is 27.5 Å². The van der Waals surface area contributed by atoms with E-state index in [0.29, 0.717) is 29.8 Å². The monoisotopic (exact) mass is 477 g/mol. The second-order valence-corrected chi connectivity index (χ2v) is 8.75. The minimum absolute atomic E-state index is 0.0323. The Kier molecular flexibility index (Phi) is 8.55. The second kappa shape index (κ2) is 11.4. The van der Waals surface area contributed by atoms with Crippen molar-refractivity contribution in [1.29, 1.82) is 0 Å². The number of carbonyl (C=O) groups excluding carboxylic acids is 2. The number of likely N-dealkylation sites (tertiary alicyclic amines) is 1. The van der Waals surface area contributed by atoms with Crippen LogP contribution in [-0.2, 0) is 11.0 Å². The first-order chi connectivity index (χ1) is 16.1. The number of alkyl halides is 3. The minimum Gasteiger partial charge on any atom is -0.484 e. The van der Waals surface area contributed by atoms with E-state index in [1.165, 1.54) is 12.1 Å². The zero-order valence-electron chi connectivity index (χ0n) is 19.3. The molecule has 1 aliphatic rings. The molecule has 2 aromatic carbocycles. The number of ether oxygens (including phenoxy) is 1. The molecule has 2 aromatic rings. The molecule has 1 fully saturated rings. The third-order valence-electron chi connectivity index (χ3n) is 5.79. The van der Waals surface area contributed by atoms with Gasteiger partial charge in [0.15, 0.2) is 6.61 Å². The number of hydrogen-bond donors (Lipinski definition) is 2. The van der Waals surface area contributed by atoms with Crippen molar-refractivity contribution in [3.63, 3.8) is 0 Å². The summed E-state index contributed by atoms with van der Waals surface area (Å²) in [6, 6.07) is 11.2. The first-order valence-corrected chi connectivity index (χ1v) is 11.3. The van der Waals surface area contributed by atoms with Crippen LogP contribution in [0, 0.1) is 5.92 Å². The Balaban J connectivity index is 1.44.